The van der Waals surface area contributed by atoms with Crippen molar-refractivity contribution in [3.8, 4) is 5.75 Å². The summed E-state index contributed by atoms with van der Waals surface area (Å²) in [6, 6.07) is -3.89. The molecule has 3 fully saturated rings. The number of hydrogen-bond donors (Lipinski definition) is 12. The van der Waals surface area contributed by atoms with Gasteiger partial charge in [-0.2, -0.15) is 11.8 Å². The molecule has 11 amide bonds. The van der Waals surface area contributed by atoms with Crippen LogP contribution >= 0.6 is 11.8 Å². The van der Waals surface area contributed by atoms with E-state index in [2.05, 4.69) is 52.8 Å². The van der Waals surface area contributed by atoms with E-state index in [-0.39, 0.29) is 76.1 Å². The molecule has 2 bridgehead atoms. The van der Waals surface area contributed by atoms with Gasteiger partial charge in [0, 0.05) is 103 Å². The molecule has 34 nitrogen and oxygen atoms in total. The average molecular weight is 1460 g/mol. The number of primary amides is 1. The number of thioether (sulfide) groups is 1. The lowest BCUT2D eigenvalue weighted by atomic mass is 9.81. The maximum absolute atomic E-state index is 15.6. The monoisotopic (exact) mass is 1460 g/mol. The number of aromatic nitrogens is 3. The van der Waals surface area contributed by atoms with Gasteiger partial charge in [0.05, 0.1) is 116 Å². The standard InChI is InChI=1S/C65H96N14O20S2/c1-5-37(2)42-10-8-9-40(81)29-69-60(90)44-11-13-49(83)57(38(3)50(84)34-80)73-62(92)48-27-41(82)33-78(48)64(93)46(28-52(66)85)72-61(91)47(71-53(86)30-70-59(42)89)36-101(95)63-56(44)43-12-14-51(96-4)45(58(43)74-63)35-100-26-7-6-17-67-65(94)68-18-20-97-22-24-99-25-23-98-21-19-77-31-39(75-76-77)32-79-54(87)15-16-55(79)88/h12,14-16,31,37-38,41-42,44,46-48,50,56-57,63,74,80,82,84H,5-11,13,17-30,32-36H2,1-4H3,(H2,66,85)(H,69,90)(H,70,89)(H,71,86)(H,72,91)(H,73,92)(H2,67,68,94)/t37-,38-,41+,42-,44+,46-,47+,48-,50-,56?,57-,63?,101?/m0/s1. The Hall–Kier alpha value is -8.00. The normalized spacial score (nSPS) is 25.3. The predicted molar refractivity (Wildman–Crippen MR) is 364 cm³/mol. The van der Waals surface area contributed by atoms with E-state index in [1.165, 1.54) is 37.9 Å². The van der Waals surface area contributed by atoms with Gasteiger partial charge in [0.2, 0.25) is 41.4 Å². The second-order valence-electron chi connectivity index (χ2n) is 25.5. The number of imide groups is 1. The minimum atomic E-state index is -2.37. The lowest BCUT2D eigenvalue weighted by Gasteiger charge is -2.33. The Kier molecular flexibility index (Phi) is 31.8. The highest BCUT2D eigenvalue weighted by Crippen LogP contribution is 2.49. The number of hydrogen-bond acceptors (Lipinski definition) is 24. The van der Waals surface area contributed by atoms with Crippen LogP contribution in [0.15, 0.2) is 30.5 Å². The van der Waals surface area contributed by atoms with Crippen molar-refractivity contribution in [2.45, 2.75) is 151 Å². The molecule has 1 aromatic heterocycles. The fraction of sp³-hybridized carbons (Fsp3) is 0.662. The van der Waals surface area contributed by atoms with Gasteiger partial charge in [-0.25, -0.2) is 9.48 Å². The third-order valence-corrected chi connectivity index (χ3v) is 21.1. The van der Waals surface area contributed by atoms with Gasteiger partial charge in [-0.1, -0.05) is 38.5 Å². The van der Waals surface area contributed by atoms with Crippen molar-refractivity contribution in [3.05, 3.63) is 47.3 Å². The molecule has 5 aliphatic rings. The van der Waals surface area contributed by atoms with Crippen molar-refractivity contribution in [3.63, 3.8) is 0 Å². The first kappa shape index (κ1) is 80.3. The van der Waals surface area contributed by atoms with Crippen molar-refractivity contribution in [1.82, 2.24) is 62.0 Å². The van der Waals surface area contributed by atoms with Crippen LogP contribution in [0.1, 0.15) is 108 Å². The van der Waals surface area contributed by atoms with E-state index < -0.39 is 186 Å². The number of benzene rings is 1. The van der Waals surface area contributed by atoms with Crippen LogP contribution in [0.25, 0.3) is 0 Å². The number of amides is 11. The number of unbranched alkanes of at least 4 members (excludes halogenated alkanes) is 1. The fourth-order valence-corrected chi connectivity index (χ4v) is 15.3. The number of aliphatic hydroxyl groups is 3. The summed E-state index contributed by atoms with van der Waals surface area (Å²) in [5.41, 5.74) is 7.49. The van der Waals surface area contributed by atoms with E-state index in [0.29, 0.717) is 92.8 Å². The van der Waals surface area contributed by atoms with Gasteiger partial charge < -0.3 is 87.4 Å². The van der Waals surface area contributed by atoms with E-state index in [4.69, 9.17) is 24.7 Å². The zero-order valence-corrected chi connectivity index (χ0v) is 59.0. The van der Waals surface area contributed by atoms with Crippen LogP contribution in [0.2, 0.25) is 0 Å². The quantitative estimate of drug-likeness (QED) is 0.0290. The molecule has 0 radical (unpaired) electrons. The number of Topliss-reactive ketones (excluding diaryl/α,β-unsaturated/α-hetero) is 2. The average Bonchev–Trinajstić information content (AvgIpc) is 1.62. The number of carbonyl (C=O) groups is 12. The summed E-state index contributed by atoms with van der Waals surface area (Å²) >= 11 is 1.50. The van der Waals surface area contributed by atoms with E-state index in [1.807, 2.05) is 13.8 Å². The Bertz CT molecular complexity index is 3310. The van der Waals surface area contributed by atoms with Gasteiger partial charge in [-0.3, -0.25) is 61.8 Å². The van der Waals surface area contributed by atoms with Crippen molar-refractivity contribution >= 4 is 99.0 Å². The Morgan fingerprint density at radius 1 is 0.842 bits per heavy atom. The first-order valence-corrected chi connectivity index (χ1v) is 36.6. The smallest absolute Gasteiger partial charge is 0.314 e. The maximum atomic E-state index is 15.6. The Morgan fingerprint density at radius 3 is 2.25 bits per heavy atom. The summed E-state index contributed by atoms with van der Waals surface area (Å²) in [7, 11) is -0.926. The number of rotatable bonds is 29. The number of carbonyl (C=O) groups excluding carboxylic acids is 12. The van der Waals surface area contributed by atoms with E-state index in [1.54, 1.807) is 23.0 Å². The second-order valence-corrected chi connectivity index (χ2v) is 28.2. The molecule has 0 spiro atoms. The molecule has 13 atom stereocenters. The van der Waals surface area contributed by atoms with Crippen LogP contribution < -0.4 is 53.0 Å². The zero-order valence-electron chi connectivity index (χ0n) is 57.3. The number of methoxy groups -OCH3 is 1. The summed E-state index contributed by atoms with van der Waals surface area (Å²) < 4.78 is 39.8. The van der Waals surface area contributed by atoms with Crippen molar-refractivity contribution < 1.29 is 96.0 Å². The Balaban J connectivity index is 1.03. The number of nitrogens with one attached hydrogen (secondary N) is 8. The summed E-state index contributed by atoms with van der Waals surface area (Å²) in [6.45, 7) is 5.40. The zero-order chi connectivity index (χ0) is 73.3. The molecule has 1 aromatic carbocycles. The third kappa shape index (κ3) is 23.3. The fourth-order valence-electron chi connectivity index (χ4n) is 12.6. The number of anilines is 1. The van der Waals surface area contributed by atoms with Gasteiger partial charge in [0.15, 0.2) is 11.6 Å². The van der Waals surface area contributed by atoms with Gasteiger partial charge in [0.25, 0.3) is 11.8 Å². The molecule has 7 rings (SSSR count). The third-order valence-electron chi connectivity index (χ3n) is 18.4. The molecule has 2 aromatic rings. The predicted octanol–water partition coefficient (Wildman–Crippen LogP) is -2.73. The molecule has 13 N–H and O–H groups in total. The number of nitrogens with zero attached hydrogens (tertiary/aromatic N) is 5. The van der Waals surface area contributed by atoms with Crippen LogP contribution in [0.4, 0.5) is 10.5 Å². The highest BCUT2D eigenvalue weighted by Gasteiger charge is 2.49. The van der Waals surface area contributed by atoms with E-state index in [0.717, 1.165) is 9.80 Å². The van der Waals surface area contributed by atoms with Gasteiger partial charge in [0.1, 0.15) is 34.9 Å². The van der Waals surface area contributed by atoms with Crippen molar-refractivity contribution in [2.75, 3.05) is 103 Å². The van der Waals surface area contributed by atoms with Crippen LogP contribution in [-0.4, -0.2) is 254 Å². The highest BCUT2D eigenvalue weighted by atomic mass is 32.2. The van der Waals surface area contributed by atoms with Crippen LogP contribution in [-0.2, 0) is 96.6 Å². The molecular formula is C65H96N14O20S2. The summed E-state index contributed by atoms with van der Waals surface area (Å²) in [6.07, 6.45) is 1.18. The number of urea groups is 1. The largest absolute Gasteiger partial charge is 0.496 e. The molecule has 101 heavy (non-hydrogen) atoms. The second kappa shape index (κ2) is 40.0. The number of ether oxygens (including phenoxy) is 4. The van der Waals surface area contributed by atoms with Crippen molar-refractivity contribution in [2.24, 2.45) is 29.4 Å². The topological polar surface area (TPSA) is 479 Å². The van der Waals surface area contributed by atoms with Crippen LogP contribution in [0, 0.1) is 23.7 Å². The molecule has 558 valence electrons. The lowest BCUT2D eigenvalue weighted by Crippen LogP contribution is -2.60. The van der Waals surface area contributed by atoms with Crippen LogP contribution in [0.5, 0.6) is 5.75 Å². The maximum Gasteiger partial charge on any atom is 0.314 e. The van der Waals surface area contributed by atoms with Gasteiger partial charge in [-0.15, -0.1) is 5.10 Å². The number of fused-ring (bicyclic) bond motifs is 4. The Morgan fingerprint density at radius 2 is 1.54 bits per heavy atom. The van der Waals surface area contributed by atoms with Gasteiger partial charge >= 0.3 is 6.03 Å². The molecular weight excluding hydrogens is 1360 g/mol. The highest BCUT2D eigenvalue weighted by molar-refractivity contribution is 7.98. The summed E-state index contributed by atoms with van der Waals surface area (Å²) in [5, 5.41) is 60.6. The molecule has 36 heteroatoms. The van der Waals surface area contributed by atoms with E-state index >= 15 is 9.00 Å². The molecule has 3 saturated heterocycles. The minimum Gasteiger partial charge on any atom is -0.496 e. The molecule has 0 saturated carbocycles. The molecule has 3 unspecified atom stereocenters. The molecule has 0 aliphatic carbocycles. The SMILES string of the molecule is CC[C@H](C)[C@@H]1CCCC(=O)CNC(=O)[C@@H]2CCC(=O)[C@H]([C@@H](C)[C@@H](O)CO)NC(=O)[C@@H]3C[C@@H](O)CN3C(=O)[C@H](CC(N)=O)NC(=O)[C@@H](CS(=O)C3Nc4c(ccc(OC)c4CSCCCCNC(=O)NCCOCCOCCOCCn4cc(CN5C(=O)C=CC5=O)nn4)C32)NC(=O)CNC1=O. The minimum absolute atomic E-state index is 0.0295. The first-order valence-electron chi connectivity index (χ1n) is 34.1. The first-order chi connectivity index (χ1) is 48.4. The molecule has 5 aliphatic heterocycles. The number of aliphatic hydroxyl groups excluding tert-OH is 3. The van der Waals surface area contributed by atoms with E-state index in [9.17, 15) is 68.1 Å². The number of nitrogens with two attached hydrogens (primary N) is 1. The van der Waals surface area contributed by atoms with Gasteiger partial charge in [-0.05, 0) is 55.4 Å². The molecule has 6 heterocycles. The lowest BCUT2D eigenvalue weighted by molar-refractivity contribution is -0.143. The van der Waals surface area contributed by atoms with Crippen molar-refractivity contribution in [1.29, 1.82) is 0 Å². The Labute approximate surface area is 591 Å². The van der Waals surface area contributed by atoms with Crippen LogP contribution in [0.3, 0.4) is 0 Å². The summed E-state index contributed by atoms with van der Waals surface area (Å²) in [5.74, 6) is -12.6. The number of ketones is 2. The summed E-state index contributed by atoms with van der Waals surface area (Å²) in [4.78, 5) is 166.